The lowest BCUT2D eigenvalue weighted by molar-refractivity contribution is -0.139. The molecule has 1 aromatic rings. The van der Waals surface area contributed by atoms with Crippen molar-refractivity contribution in [2.24, 2.45) is 0 Å². The normalized spacial score (nSPS) is 12.0. The minimum atomic E-state index is -0.592. The highest BCUT2D eigenvalue weighted by atomic mass is 16.2. The first kappa shape index (κ1) is 17.2. The number of likely N-dealkylation sites (N-methyl/N-ethyl adjacent to an activating group) is 1. The Bertz CT molecular complexity index is 444. The van der Waals surface area contributed by atoms with E-state index in [0.717, 1.165) is 25.2 Å². The Morgan fingerprint density at radius 3 is 2.29 bits per heavy atom. The molecule has 5 heteroatoms. The lowest BCUT2D eigenvalue weighted by atomic mass is 10.1. The SMILES string of the molecule is CCN(CC)CCNC(=O)C(=O)NC(C)c1ccccc1. The third-order valence-electron chi connectivity index (χ3n) is 3.46. The first-order valence-electron chi connectivity index (χ1n) is 7.44. The van der Waals surface area contributed by atoms with Crippen molar-refractivity contribution in [1.82, 2.24) is 15.5 Å². The van der Waals surface area contributed by atoms with Crippen molar-refractivity contribution in [2.45, 2.75) is 26.8 Å². The van der Waals surface area contributed by atoms with Gasteiger partial charge in [0, 0.05) is 13.1 Å². The Morgan fingerprint density at radius 1 is 1.10 bits per heavy atom. The molecule has 5 nitrogen and oxygen atoms in total. The van der Waals surface area contributed by atoms with E-state index in [4.69, 9.17) is 0 Å². The van der Waals surface area contributed by atoms with E-state index in [1.165, 1.54) is 0 Å². The first-order valence-corrected chi connectivity index (χ1v) is 7.44. The lowest BCUT2D eigenvalue weighted by Crippen LogP contribution is -2.43. The molecule has 0 aliphatic carbocycles. The highest BCUT2D eigenvalue weighted by Gasteiger charge is 2.16. The molecule has 0 spiro atoms. The Balaban J connectivity index is 2.36. The molecule has 1 atom stereocenters. The van der Waals surface area contributed by atoms with Crippen molar-refractivity contribution in [3.63, 3.8) is 0 Å². The quantitative estimate of drug-likeness (QED) is 0.745. The summed E-state index contributed by atoms with van der Waals surface area (Å²) in [6, 6.07) is 9.38. The predicted octanol–water partition coefficient (Wildman–Crippen LogP) is 1.32. The molecular formula is C16H25N3O2. The fourth-order valence-corrected chi connectivity index (χ4v) is 2.03. The van der Waals surface area contributed by atoms with Gasteiger partial charge < -0.3 is 15.5 Å². The molecule has 0 saturated carbocycles. The van der Waals surface area contributed by atoms with Gasteiger partial charge in [-0.3, -0.25) is 9.59 Å². The third-order valence-corrected chi connectivity index (χ3v) is 3.46. The molecule has 0 aromatic heterocycles. The summed E-state index contributed by atoms with van der Waals surface area (Å²) < 4.78 is 0. The van der Waals surface area contributed by atoms with Crippen LogP contribution in [0, 0.1) is 0 Å². The molecule has 1 aromatic carbocycles. The number of rotatable bonds is 7. The predicted molar refractivity (Wildman–Crippen MR) is 83.8 cm³/mol. The van der Waals surface area contributed by atoms with Crippen LogP contribution < -0.4 is 10.6 Å². The monoisotopic (exact) mass is 291 g/mol. The number of carbonyl (C=O) groups excluding carboxylic acids is 2. The zero-order chi connectivity index (χ0) is 15.7. The maximum absolute atomic E-state index is 11.8. The Labute approximate surface area is 126 Å². The standard InChI is InChI=1S/C16H25N3O2/c1-4-19(5-2)12-11-17-15(20)16(21)18-13(3)14-9-7-6-8-10-14/h6-10,13H,4-5,11-12H2,1-3H3,(H,17,20)(H,18,21). The molecule has 2 amide bonds. The Morgan fingerprint density at radius 2 is 1.71 bits per heavy atom. The maximum Gasteiger partial charge on any atom is 0.309 e. The smallest absolute Gasteiger partial charge is 0.309 e. The number of benzene rings is 1. The summed E-state index contributed by atoms with van der Waals surface area (Å²) in [4.78, 5) is 25.7. The number of hydrogen-bond donors (Lipinski definition) is 2. The van der Waals surface area contributed by atoms with Gasteiger partial charge in [-0.15, -0.1) is 0 Å². The maximum atomic E-state index is 11.8. The first-order chi connectivity index (χ1) is 10.1. The van der Waals surface area contributed by atoms with E-state index in [1.54, 1.807) is 0 Å². The van der Waals surface area contributed by atoms with E-state index >= 15 is 0 Å². The van der Waals surface area contributed by atoms with Crippen molar-refractivity contribution in [2.75, 3.05) is 26.2 Å². The zero-order valence-corrected chi connectivity index (χ0v) is 13.1. The zero-order valence-electron chi connectivity index (χ0n) is 13.1. The Kier molecular flexibility index (Phi) is 7.46. The van der Waals surface area contributed by atoms with Crippen molar-refractivity contribution >= 4 is 11.8 Å². The molecule has 0 aliphatic heterocycles. The van der Waals surface area contributed by atoms with Crippen LogP contribution in [0.15, 0.2) is 30.3 Å². The fourth-order valence-electron chi connectivity index (χ4n) is 2.03. The van der Waals surface area contributed by atoms with E-state index < -0.39 is 11.8 Å². The molecule has 21 heavy (non-hydrogen) atoms. The summed E-state index contributed by atoms with van der Waals surface area (Å²) in [5.74, 6) is -1.17. The number of nitrogens with zero attached hydrogens (tertiary/aromatic N) is 1. The summed E-state index contributed by atoms with van der Waals surface area (Å²) in [7, 11) is 0. The average molecular weight is 291 g/mol. The van der Waals surface area contributed by atoms with Gasteiger partial charge in [0.15, 0.2) is 0 Å². The van der Waals surface area contributed by atoms with E-state index in [0.29, 0.717) is 6.54 Å². The van der Waals surface area contributed by atoms with Gasteiger partial charge in [0.2, 0.25) is 0 Å². The number of amides is 2. The number of hydrogen-bond acceptors (Lipinski definition) is 3. The second kappa shape index (κ2) is 9.13. The van der Waals surface area contributed by atoms with Crippen LogP contribution in [0.3, 0.4) is 0 Å². The molecular weight excluding hydrogens is 266 g/mol. The van der Waals surface area contributed by atoms with Gasteiger partial charge in [0.25, 0.3) is 0 Å². The van der Waals surface area contributed by atoms with Crippen molar-refractivity contribution < 1.29 is 9.59 Å². The summed E-state index contributed by atoms with van der Waals surface area (Å²) in [5.41, 5.74) is 0.974. The van der Waals surface area contributed by atoms with Gasteiger partial charge in [-0.25, -0.2) is 0 Å². The number of carbonyl (C=O) groups is 2. The lowest BCUT2D eigenvalue weighted by Gasteiger charge is -2.18. The van der Waals surface area contributed by atoms with Gasteiger partial charge in [-0.2, -0.15) is 0 Å². The highest BCUT2D eigenvalue weighted by molar-refractivity contribution is 6.35. The minimum Gasteiger partial charge on any atom is -0.347 e. The van der Waals surface area contributed by atoms with Crippen LogP contribution in [0.5, 0.6) is 0 Å². The van der Waals surface area contributed by atoms with E-state index in [-0.39, 0.29) is 6.04 Å². The largest absolute Gasteiger partial charge is 0.347 e. The Hall–Kier alpha value is -1.88. The van der Waals surface area contributed by atoms with Gasteiger partial charge in [0.05, 0.1) is 6.04 Å². The topological polar surface area (TPSA) is 61.4 Å². The molecule has 1 rings (SSSR count). The second-order valence-corrected chi connectivity index (χ2v) is 4.89. The molecule has 0 heterocycles. The number of nitrogens with one attached hydrogen (secondary N) is 2. The van der Waals surface area contributed by atoms with Crippen LogP contribution in [0.1, 0.15) is 32.4 Å². The van der Waals surface area contributed by atoms with Crippen molar-refractivity contribution in [3.05, 3.63) is 35.9 Å². The highest BCUT2D eigenvalue weighted by Crippen LogP contribution is 2.10. The van der Waals surface area contributed by atoms with E-state index in [1.807, 2.05) is 37.3 Å². The molecule has 2 N–H and O–H groups in total. The molecule has 0 radical (unpaired) electrons. The van der Waals surface area contributed by atoms with Crippen LogP contribution in [0.25, 0.3) is 0 Å². The average Bonchev–Trinajstić information content (AvgIpc) is 2.52. The summed E-state index contributed by atoms with van der Waals surface area (Å²) in [5, 5.41) is 5.34. The van der Waals surface area contributed by atoms with Crippen LogP contribution in [0.4, 0.5) is 0 Å². The third kappa shape index (κ3) is 5.95. The fraction of sp³-hybridized carbons (Fsp3) is 0.500. The van der Waals surface area contributed by atoms with Crippen LogP contribution >= 0.6 is 0 Å². The van der Waals surface area contributed by atoms with Crippen molar-refractivity contribution in [1.29, 1.82) is 0 Å². The molecule has 1 unspecified atom stereocenters. The molecule has 0 saturated heterocycles. The summed E-state index contributed by atoms with van der Waals surface area (Å²) in [6.07, 6.45) is 0. The van der Waals surface area contributed by atoms with Crippen LogP contribution in [0.2, 0.25) is 0 Å². The van der Waals surface area contributed by atoms with Crippen LogP contribution in [-0.4, -0.2) is 42.9 Å². The summed E-state index contributed by atoms with van der Waals surface area (Å²) >= 11 is 0. The van der Waals surface area contributed by atoms with Crippen molar-refractivity contribution in [3.8, 4) is 0 Å². The van der Waals surface area contributed by atoms with Gasteiger partial charge in [0.1, 0.15) is 0 Å². The van der Waals surface area contributed by atoms with E-state index in [2.05, 4.69) is 29.4 Å². The van der Waals surface area contributed by atoms with Gasteiger partial charge in [-0.1, -0.05) is 44.2 Å². The molecule has 0 fully saturated rings. The molecule has 0 bridgehead atoms. The van der Waals surface area contributed by atoms with Crippen LogP contribution in [-0.2, 0) is 9.59 Å². The second-order valence-electron chi connectivity index (χ2n) is 4.89. The van der Waals surface area contributed by atoms with Gasteiger partial charge >= 0.3 is 11.8 Å². The molecule has 116 valence electrons. The van der Waals surface area contributed by atoms with E-state index in [9.17, 15) is 9.59 Å². The minimum absolute atomic E-state index is 0.188. The summed E-state index contributed by atoms with van der Waals surface area (Å²) in [6.45, 7) is 9.09. The van der Waals surface area contributed by atoms with Gasteiger partial charge in [-0.05, 0) is 25.6 Å². The molecule has 0 aliphatic rings.